The van der Waals surface area contributed by atoms with Gasteiger partial charge in [-0.25, -0.2) is 0 Å². The van der Waals surface area contributed by atoms with Gasteiger partial charge in [-0.2, -0.15) is 5.10 Å². The Balaban J connectivity index is 1.47. The van der Waals surface area contributed by atoms with Crippen molar-refractivity contribution in [1.82, 2.24) is 9.78 Å². The number of nitrogens with zero attached hydrogens (tertiary/aromatic N) is 3. The molecule has 1 saturated heterocycles. The highest BCUT2D eigenvalue weighted by atomic mass is 16.5. The summed E-state index contributed by atoms with van der Waals surface area (Å²) in [4.78, 5) is 15.9. The quantitative estimate of drug-likeness (QED) is 0.419. The number of morpholine rings is 1. The molecule has 3 aromatic carbocycles. The van der Waals surface area contributed by atoms with Gasteiger partial charge in [0, 0.05) is 24.8 Å². The molecule has 0 atom stereocenters. The Labute approximate surface area is 206 Å². The van der Waals surface area contributed by atoms with Crippen LogP contribution < -0.4 is 10.2 Å². The van der Waals surface area contributed by atoms with Gasteiger partial charge >= 0.3 is 0 Å². The van der Waals surface area contributed by atoms with Crippen LogP contribution in [0.15, 0.2) is 79.0 Å². The molecule has 0 aliphatic carbocycles. The van der Waals surface area contributed by atoms with Crippen molar-refractivity contribution < 1.29 is 9.53 Å². The number of amides is 1. The number of carbonyl (C=O) groups is 1. The molecule has 1 aliphatic rings. The number of hydrogen-bond acceptors (Lipinski definition) is 4. The van der Waals surface area contributed by atoms with Gasteiger partial charge in [0.25, 0.3) is 5.91 Å². The van der Waals surface area contributed by atoms with E-state index in [2.05, 4.69) is 48.3 Å². The Bertz CT molecular complexity index is 1300. The fraction of sp³-hybridized carbons (Fsp3) is 0.241. The molecule has 1 N–H and O–H groups in total. The summed E-state index contributed by atoms with van der Waals surface area (Å²) in [6.45, 7) is 7.69. The number of nitrogens with one attached hydrogen (secondary N) is 1. The van der Waals surface area contributed by atoms with Crippen LogP contribution in [0.5, 0.6) is 0 Å². The fourth-order valence-corrected chi connectivity index (χ4v) is 4.32. The van der Waals surface area contributed by atoms with E-state index in [-0.39, 0.29) is 5.91 Å². The molecule has 0 unspecified atom stereocenters. The molecule has 4 aromatic rings. The summed E-state index contributed by atoms with van der Waals surface area (Å²) in [5.74, 6) is -0.170. The number of carbonyl (C=O) groups excluding carboxylic acids is 1. The van der Waals surface area contributed by atoms with Crippen LogP contribution in [-0.4, -0.2) is 42.0 Å². The maximum Gasteiger partial charge on any atom is 0.259 e. The van der Waals surface area contributed by atoms with Crippen LogP contribution in [0.25, 0.3) is 11.3 Å². The number of aromatic nitrogens is 2. The van der Waals surface area contributed by atoms with Gasteiger partial charge in [-0.15, -0.1) is 0 Å². The molecule has 6 nitrogen and oxygen atoms in total. The Morgan fingerprint density at radius 1 is 0.914 bits per heavy atom. The number of anilines is 2. The van der Waals surface area contributed by atoms with Crippen molar-refractivity contribution in [3.05, 3.63) is 101 Å². The van der Waals surface area contributed by atoms with Gasteiger partial charge in [0.15, 0.2) is 0 Å². The van der Waals surface area contributed by atoms with E-state index in [1.807, 2.05) is 59.4 Å². The zero-order valence-electron chi connectivity index (χ0n) is 20.2. The van der Waals surface area contributed by atoms with Gasteiger partial charge in [-0.3, -0.25) is 9.48 Å². The Hall–Kier alpha value is -3.90. The Morgan fingerprint density at radius 3 is 2.29 bits per heavy atom. The molecule has 1 aromatic heterocycles. The summed E-state index contributed by atoms with van der Waals surface area (Å²) in [5.41, 5.74) is 7.47. The van der Waals surface area contributed by atoms with E-state index in [0.717, 1.165) is 35.6 Å². The molecule has 0 bridgehead atoms. The van der Waals surface area contributed by atoms with Crippen LogP contribution in [0.3, 0.4) is 0 Å². The number of rotatable bonds is 6. The maximum absolute atomic E-state index is 13.6. The minimum absolute atomic E-state index is 0.170. The second kappa shape index (κ2) is 10.2. The Morgan fingerprint density at radius 2 is 1.57 bits per heavy atom. The van der Waals surface area contributed by atoms with E-state index in [4.69, 9.17) is 9.84 Å². The second-order valence-electron chi connectivity index (χ2n) is 9.01. The average molecular weight is 467 g/mol. The largest absolute Gasteiger partial charge is 0.378 e. The molecular formula is C29H30N4O2. The van der Waals surface area contributed by atoms with Crippen LogP contribution in [0, 0.1) is 13.8 Å². The number of aryl methyl sites for hydroxylation is 2. The molecule has 2 heterocycles. The zero-order chi connectivity index (χ0) is 24.2. The Kier molecular flexibility index (Phi) is 6.64. The zero-order valence-corrected chi connectivity index (χ0v) is 20.2. The molecule has 1 amide bonds. The van der Waals surface area contributed by atoms with Crippen LogP contribution in [-0.2, 0) is 11.3 Å². The molecule has 0 spiro atoms. The van der Waals surface area contributed by atoms with Gasteiger partial charge in [0.1, 0.15) is 5.69 Å². The average Bonchev–Trinajstić information content (AvgIpc) is 3.31. The standard InChI is InChI=1S/C29H30N4O2/c1-21-7-11-23(12-8-21)19-33-20-25(28(31-33)24-13-9-22(2)10-14-24)29(34)30-26-5-3-4-6-27(26)32-15-17-35-18-16-32/h3-14,20H,15-19H2,1-2H3,(H,30,34). The summed E-state index contributed by atoms with van der Waals surface area (Å²) >= 11 is 0. The molecule has 6 heteroatoms. The predicted octanol–water partition coefficient (Wildman–Crippen LogP) is 5.30. The first kappa shape index (κ1) is 22.9. The second-order valence-corrected chi connectivity index (χ2v) is 9.01. The van der Waals surface area contributed by atoms with Gasteiger partial charge in [-0.05, 0) is 31.5 Å². The summed E-state index contributed by atoms with van der Waals surface area (Å²) in [6, 6.07) is 24.5. The maximum atomic E-state index is 13.6. The summed E-state index contributed by atoms with van der Waals surface area (Å²) < 4.78 is 7.35. The van der Waals surface area contributed by atoms with Crippen molar-refractivity contribution in [2.75, 3.05) is 36.5 Å². The van der Waals surface area contributed by atoms with E-state index >= 15 is 0 Å². The smallest absolute Gasteiger partial charge is 0.259 e. The number of hydrogen-bond donors (Lipinski definition) is 1. The van der Waals surface area contributed by atoms with Crippen molar-refractivity contribution >= 4 is 17.3 Å². The molecule has 0 radical (unpaired) electrons. The molecule has 1 fully saturated rings. The summed E-state index contributed by atoms with van der Waals surface area (Å²) in [7, 11) is 0. The van der Waals surface area contributed by atoms with Gasteiger partial charge in [-0.1, -0.05) is 71.8 Å². The number of benzene rings is 3. The van der Waals surface area contributed by atoms with E-state index in [1.165, 1.54) is 11.1 Å². The fourth-order valence-electron chi connectivity index (χ4n) is 4.32. The van der Waals surface area contributed by atoms with E-state index in [9.17, 15) is 4.79 Å². The van der Waals surface area contributed by atoms with Crippen LogP contribution in [0.1, 0.15) is 27.0 Å². The topological polar surface area (TPSA) is 59.4 Å². The lowest BCUT2D eigenvalue weighted by molar-refractivity contribution is 0.102. The van der Waals surface area contributed by atoms with Crippen LogP contribution >= 0.6 is 0 Å². The third kappa shape index (κ3) is 5.28. The van der Waals surface area contributed by atoms with Crippen LogP contribution in [0.2, 0.25) is 0 Å². The highest BCUT2D eigenvalue weighted by molar-refractivity contribution is 6.09. The minimum Gasteiger partial charge on any atom is -0.378 e. The van der Waals surface area contributed by atoms with Crippen molar-refractivity contribution in [3.8, 4) is 11.3 Å². The lowest BCUT2D eigenvalue weighted by atomic mass is 10.1. The first-order valence-electron chi connectivity index (χ1n) is 12.0. The third-order valence-corrected chi connectivity index (χ3v) is 6.30. The van der Waals surface area contributed by atoms with Crippen molar-refractivity contribution in [2.45, 2.75) is 20.4 Å². The highest BCUT2D eigenvalue weighted by Gasteiger charge is 2.21. The molecule has 0 saturated carbocycles. The number of para-hydroxylation sites is 2. The first-order chi connectivity index (χ1) is 17.1. The van der Waals surface area contributed by atoms with Gasteiger partial charge < -0.3 is 15.0 Å². The van der Waals surface area contributed by atoms with E-state index in [0.29, 0.717) is 31.0 Å². The van der Waals surface area contributed by atoms with Crippen molar-refractivity contribution in [2.24, 2.45) is 0 Å². The SMILES string of the molecule is Cc1ccc(Cn2cc(C(=O)Nc3ccccc3N3CCOCC3)c(-c3ccc(C)cc3)n2)cc1. The summed E-state index contributed by atoms with van der Waals surface area (Å²) in [5, 5.41) is 7.99. The molecular weight excluding hydrogens is 436 g/mol. The first-order valence-corrected chi connectivity index (χ1v) is 12.0. The highest BCUT2D eigenvalue weighted by Crippen LogP contribution is 2.29. The van der Waals surface area contributed by atoms with Crippen LogP contribution in [0.4, 0.5) is 11.4 Å². The molecule has 5 rings (SSSR count). The third-order valence-electron chi connectivity index (χ3n) is 6.30. The lowest BCUT2D eigenvalue weighted by Crippen LogP contribution is -2.36. The monoisotopic (exact) mass is 466 g/mol. The summed E-state index contributed by atoms with van der Waals surface area (Å²) in [6.07, 6.45) is 1.85. The normalized spacial score (nSPS) is 13.6. The minimum atomic E-state index is -0.170. The molecule has 1 aliphatic heterocycles. The lowest BCUT2D eigenvalue weighted by Gasteiger charge is -2.30. The van der Waals surface area contributed by atoms with Gasteiger partial charge in [0.05, 0.1) is 36.7 Å². The predicted molar refractivity (Wildman–Crippen MR) is 140 cm³/mol. The van der Waals surface area contributed by atoms with Gasteiger partial charge in [0.2, 0.25) is 0 Å². The van der Waals surface area contributed by atoms with Crippen molar-refractivity contribution in [3.63, 3.8) is 0 Å². The van der Waals surface area contributed by atoms with E-state index in [1.54, 1.807) is 0 Å². The van der Waals surface area contributed by atoms with Crippen molar-refractivity contribution in [1.29, 1.82) is 0 Å². The number of ether oxygens (including phenoxy) is 1. The van der Waals surface area contributed by atoms with E-state index < -0.39 is 0 Å². The molecule has 35 heavy (non-hydrogen) atoms. The molecule has 178 valence electrons.